The molecule has 0 unspecified atom stereocenters. The van der Waals surface area contributed by atoms with Gasteiger partial charge in [-0.15, -0.1) is 0 Å². The minimum Gasteiger partial charge on any atom is -0.618 e. The van der Waals surface area contributed by atoms with Gasteiger partial charge < -0.3 is 14.8 Å². The average Bonchev–Trinajstić information content (AvgIpc) is 2.54. The van der Waals surface area contributed by atoms with Gasteiger partial charge in [0.2, 0.25) is 0 Å². The van der Waals surface area contributed by atoms with Gasteiger partial charge in [0, 0.05) is 24.9 Å². The molecule has 0 fully saturated rings. The van der Waals surface area contributed by atoms with E-state index in [-0.39, 0.29) is 11.6 Å². The van der Waals surface area contributed by atoms with Crippen molar-refractivity contribution < 1.29 is 19.1 Å². The van der Waals surface area contributed by atoms with Crippen LogP contribution in [-0.4, -0.2) is 25.0 Å². The second-order valence-electron chi connectivity index (χ2n) is 4.69. The van der Waals surface area contributed by atoms with Crippen LogP contribution in [0, 0.1) is 5.21 Å². The number of amides is 1. The Hall–Kier alpha value is -2.89. The van der Waals surface area contributed by atoms with Crippen LogP contribution in [0.25, 0.3) is 0 Å². The van der Waals surface area contributed by atoms with Crippen molar-refractivity contribution >= 4 is 17.6 Å². The fourth-order valence-corrected chi connectivity index (χ4v) is 1.91. The summed E-state index contributed by atoms with van der Waals surface area (Å²) in [6.45, 7) is 1.47. The quantitative estimate of drug-likeness (QED) is 0.487. The van der Waals surface area contributed by atoms with Gasteiger partial charge >= 0.3 is 11.7 Å². The molecule has 0 N–H and O–H groups in total. The molecule has 0 saturated heterocycles. The molecular weight excluding hydrogens is 284 g/mol. The number of aromatic nitrogens is 1. The van der Waals surface area contributed by atoms with Gasteiger partial charge in [-0.25, -0.2) is 4.79 Å². The SMILES string of the molecule is C[C@@H](OC(=O)c1cccc[n+]1[O-])C(=O)N(C)c1ccccc1. The lowest BCUT2D eigenvalue weighted by atomic mass is 10.2. The van der Waals surface area contributed by atoms with Crippen molar-refractivity contribution in [1.82, 2.24) is 0 Å². The topological polar surface area (TPSA) is 73.5 Å². The van der Waals surface area contributed by atoms with Crippen LogP contribution in [0.15, 0.2) is 54.7 Å². The third-order valence-corrected chi connectivity index (χ3v) is 3.14. The Balaban J connectivity index is 2.06. The maximum atomic E-state index is 12.3. The van der Waals surface area contributed by atoms with E-state index < -0.39 is 12.1 Å². The van der Waals surface area contributed by atoms with Crippen molar-refractivity contribution in [3.8, 4) is 0 Å². The van der Waals surface area contributed by atoms with Crippen LogP contribution in [-0.2, 0) is 9.53 Å². The van der Waals surface area contributed by atoms with Crippen LogP contribution in [0.5, 0.6) is 0 Å². The number of carbonyl (C=O) groups is 2. The third kappa shape index (κ3) is 3.41. The summed E-state index contributed by atoms with van der Waals surface area (Å²) in [5, 5.41) is 11.5. The molecule has 114 valence electrons. The molecule has 0 aliphatic carbocycles. The molecule has 1 atom stereocenters. The normalized spacial score (nSPS) is 11.5. The first-order valence-electron chi connectivity index (χ1n) is 6.72. The number of para-hydroxylation sites is 1. The minimum absolute atomic E-state index is 0.162. The highest BCUT2D eigenvalue weighted by atomic mass is 16.6. The molecule has 1 aromatic heterocycles. The molecule has 6 heteroatoms. The van der Waals surface area contributed by atoms with E-state index in [1.807, 2.05) is 6.07 Å². The molecule has 1 amide bonds. The average molecular weight is 300 g/mol. The van der Waals surface area contributed by atoms with Crippen LogP contribution >= 0.6 is 0 Å². The van der Waals surface area contributed by atoms with Gasteiger partial charge in [-0.05, 0) is 25.1 Å². The molecule has 0 bridgehead atoms. The summed E-state index contributed by atoms with van der Waals surface area (Å²) in [5.41, 5.74) is 0.526. The van der Waals surface area contributed by atoms with E-state index in [9.17, 15) is 14.8 Å². The molecule has 1 heterocycles. The van der Waals surface area contributed by atoms with Crippen molar-refractivity contribution in [3.05, 3.63) is 65.6 Å². The highest BCUT2D eigenvalue weighted by molar-refractivity contribution is 5.97. The number of rotatable bonds is 4. The fraction of sp³-hybridized carbons (Fsp3) is 0.188. The van der Waals surface area contributed by atoms with Gasteiger partial charge in [-0.3, -0.25) is 4.79 Å². The standard InChI is InChI=1S/C16H16N2O4/c1-12(15(19)17(2)13-8-4-3-5-9-13)22-16(20)14-10-6-7-11-18(14)21/h3-12H,1-2H3/t12-/m1/s1. The molecule has 2 aromatic rings. The Labute approximate surface area is 128 Å². The van der Waals surface area contributed by atoms with Crippen LogP contribution in [0.2, 0.25) is 0 Å². The van der Waals surface area contributed by atoms with Crippen molar-refractivity contribution in [1.29, 1.82) is 0 Å². The molecular formula is C16H16N2O4. The lowest BCUT2D eigenvalue weighted by Crippen LogP contribution is -2.40. The van der Waals surface area contributed by atoms with Crippen LogP contribution in [0.3, 0.4) is 0 Å². The first-order valence-corrected chi connectivity index (χ1v) is 6.72. The number of ether oxygens (including phenoxy) is 1. The zero-order chi connectivity index (χ0) is 16.1. The largest absolute Gasteiger partial charge is 0.618 e. The van der Waals surface area contributed by atoms with Crippen molar-refractivity contribution in [2.75, 3.05) is 11.9 Å². The number of carbonyl (C=O) groups excluding carboxylic acids is 2. The van der Waals surface area contributed by atoms with Crippen LogP contribution < -0.4 is 9.63 Å². The summed E-state index contributed by atoms with van der Waals surface area (Å²) < 4.78 is 5.47. The van der Waals surface area contributed by atoms with Gasteiger partial charge in [0.25, 0.3) is 5.91 Å². The van der Waals surface area contributed by atoms with Crippen molar-refractivity contribution in [2.45, 2.75) is 13.0 Å². The molecule has 22 heavy (non-hydrogen) atoms. The van der Waals surface area contributed by atoms with Crippen molar-refractivity contribution in [2.24, 2.45) is 0 Å². The predicted octanol–water partition coefficient (Wildman–Crippen LogP) is 1.53. The van der Waals surface area contributed by atoms with Crippen LogP contribution in [0.4, 0.5) is 5.69 Å². The number of hydrogen-bond donors (Lipinski definition) is 0. The van der Waals surface area contributed by atoms with E-state index >= 15 is 0 Å². The summed E-state index contributed by atoms with van der Waals surface area (Å²) in [5.74, 6) is -1.22. The molecule has 0 radical (unpaired) electrons. The molecule has 0 aliphatic heterocycles. The maximum Gasteiger partial charge on any atom is 0.405 e. The Morgan fingerprint density at radius 3 is 2.41 bits per heavy atom. The summed E-state index contributed by atoms with van der Waals surface area (Å²) in [6, 6.07) is 13.4. The van der Waals surface area contributed by atoms with E-state index in [4.69, 9.17) is 4.74 Å². The number of anilines is 1. The highest BCUT2D eigenvalue weighted by Crippen LogP contribution is 2.13. The summed E-state index contributed by atoms with van der Waals surface area (Å²) >= 11 is 0. The van der Waals surface area contributed by atoms with Gasteiger partial charge in [0.15, 0.2) is 12.3 Å². The van der Waals surface area contributed by atoms with Gasteiger partial charge in [-0.1, -0.05) is 18.2 Å². The third-order valence-electron chi connectivity index (χ3n) is 3.14. The number of hydrogen-bond acceptors (Lipinski definition) is 4. The zero-order valence-corrected chi connectivity index (χ0v) is 12.3. The molecule has 0 saturated carbocycles. The van der Waals surface area contributed by atoms with Crippen molar-refractivity contribution in [3.63, 3.8) is 0 Å². The molecule has 6 nitrogen and oxygen atoms in total. The number of benzene rings is 1. The minimum atomic E-state index is -1.00. The number of nitrogens with zero attached hydrogens (tertiary/aromatic N) is 2. The first kappa shape index (κ1) is 15.5. The molecule has 1 aromatic carbocycles. The zero-order valence-electron chi connectivity index (χ0n) is 12.3. The second kappa shape index (κ2) is 6.71. The monoisotopic (exact) mass is 300 g/mol. The van der Waals surface area contributed by atoms with Gasteiger partial charge in [-0.2, -0.15) is 4.73 Å². The Bertz CT molecular complexity index is 673. The highest BCUT2D eigenvalue weighted by Gasteiger charge is 2.26. The van der Waals surface area contributed by atoms with E-state index in [0.717, 1.165) is 0 Å². The Kier molecular flexibility index (Phi) is 4.73. The van der Waals surface area contributed by atoms with Gasteiger partial charge in [0.1, 0.15) is 0 Å². The smallest absolute Gasteiger partial charge is 0.405 e. The van der Waals surface area contributed by atoms with Gasteiger partial charge in [0.05, 0.1) is 0 Å². The number of likely N-dealkylation sites (N-methyl/N-ethyl adjacent to an activating group) is 1. The predicted molar refractivity (Wildman–Crippen MR) is 80.1 cm³/mol. The summed E-state index contributed by atoms with van der Waals surface area (Å²) in [6.07, 6.45) is 0.192. The van der Waals surface area contributed by atoms with E-state index in [1.54, 1.807) is 37.4 Å². The number of esters is 1. The Morgan fingerprint density at radius 1 is 1.14 bits per heavy atom. The van der Waals surface area contributed by atoms with Crippen LogP contribution in [0.1, 0.15) is 17.4 Å². The van der Waals surface area contributed by atoms with E-state index in [2.05, 4.69) is 0 Å². The lowest BCUT2D eigenvalue weighted by Gasteiger charge is -2.21. The summed E-state index contributed by atoms with van der Waals surface area (Å²) in [7, 11) is 1.60. The number of pyridine rings is 1. The molecule has 0 aliphatic rings. The Morgan fingerprint density at radius 2 is 1.77 bits per heavy atom. The van der Waals surface area contributed by atoms with E-state index in [1.165, 1.54) is 30.2 Å². The maximum absolute atomic E-state index is 12.3. The lowest BCUT2D eigenvalue weighted by molar-refractivity contribution is -0.608. The molecule has 2 rings (SSSR count). The van der Waals surface area contributed by atoms with E-state index in [0.29, 0.717) is 10.4 Å². The summed E-state index contributed by atoms with van der Waals surface area (Å²) in [4.78, 5) is 25.6. The molecule has 0 spiro atoms. The second-order valence-corrected chi connectivity index (χ2v) is 4.69. The fourth-order valence-electron chi connectivity index (χ4n) is 1.91. The first-order chi connectivity index (χ1) is 10.5.